The number of anilines is 1. The summed E-state index contributed by atoms with van der Waals surface area (Å²) in [5.74, 6) is 1.23. The summed E-state index contributed by atoms with van der Waals surface area (Å²) in [6, 6.07) is 4.65. The maximum absolute atomic E-state index is 11.4. The Bertz CT molecular complexity index is 486. The first-order valence-electron chi connectivity index (χ1n) is 5.12. The number of benzene rings is 1. The van der Waals surface area contributed by atoms with Crippen molar-refractivity contribution >= 4 is 17.6 Å². The van der Waals surface area contributed by atoms with E-state index in [1.807, 2.05) is 0 Å². The Morgan fingerprint density at radius 2 is 2.18 bits per heavy atom. The number of carbonyl (C=O) groups is 2. The zero-order chi connectivity index (χ0) is 12.8. The first-order chi connectivity index (χ1) is 8.04. The van der Waals surface area contributed by atoms with E-state index < -0.39 is 5.97 Å². The summed E-state index contributed by atoms with van der Waals surface area (Å²) < 4.78 is 0. The minimum absolute atomic E-state index is 0.176. The number of amides is 1. The van der Waals surface area contributed by atoms with Crippen LogP contribution in [0, 0.1) is 19.3 Å². The Morgan fingerprint density at radius 1 is 1.47 bits per heavy atom. The third-order valence-electron chi connectivity index (χ3n) is 2.24. The fourth-order valence-corrected chi connectivity index (χ4v) is 1.39. The molecule has 0 fully saturated rings. The maximum Gasteiger partial charge on any atom is 0.335 e. The van der Waals surface area contributed by atoms with Crippen molar-refractivity contribution in [2.45, 2.75) is 19.8 Å². The fourth-order valence-electron chi connectivity index (χ4n) is 1.39. The summed E-state index contributed by atoms with van der Waals surface area (Å²) in [4.78, 5) is 22.2. The molecule has 4 nitrogen and oxygen atoms in total. The van der Waals surface area contributed by atoms with Gasteiger partial charge in [-0.25, -0.2) is 4.79 Å². The second-order valence-electron chi connectivity index (χ2n) is 3.59. The number of hydrogen-bond acceptors (Lipinski definition) is 2. The molecule has 1 aromatic carbocycles. The smallest absolute Gasteiger partial charge is 0.335 e. The number of nitrogens with one attached hydrogen (secondary N) is 1. The zero-order valence-corrected chi connectivity index (χ0v) is 9.49. The van der Waals surface area contributed by atoms with Crippen molar-refractivity contribution in [1.29, 1.82) is 0 Å². The number of aryl methyl sites for hydroxylation is 1. The van der Waals surface area contributed by atoms with Crippen LogP contribution in [0.1, 0.15) is 28.8 Å². The van der Waals surface area contributed by atoms with Gasteiger partial charge in [0.05, 0.1) is 5.56 Å². The average molecular weight is 231 g/mol. The summed E-state index contributed by atoms with van der Waals surface area (Å²) >= 11 is 0. The molecule has 0 radical (unpaired) electrons. The van der Waals surface area contributed by atoms with Crippen LogP contribution in [0.3, 0.4) is 0 Å². The van der Waals surface area contributed by atoms with Gasteiger partial charge in [-0.15, -0.1) is 12.3 Å². The van der Waals surface area contributed by atoms with Crippen molar-refractivity contribution in [2.24, 2.45) is 0 Å². The normalized spacial score (nSPS) is 9.41. The van der Waals surface area contributed by atoms with E-state index in [0.29, 0.717) is 17.7 Å². The molecule has 0 aliphatic rings. The van der Waals surface area contributed by atoms with E-state index in [2.05, 4.69) is 11.2 Å². The highest BCUT2D eigenvalue weighted by Gasteiger charge is 2.08. The second kappa shape index (κ2) is 5.71. The third-order valence-corrected chi connectivity index (χ3v) is 2.24. The fraction of sp³-hybridized carbons (Fsp3) is 0.231. The first-order valence-corrected chi connectivity index (χ1v) is 5.12. The molecule has 0 saturated carbocycles. The van der Waals surface area contributed by atoms with Crippen LogP contribution in [0.25, 0.3) is 0 Å². The molecule has 0 aromatic heterocycles. The lowest BCUT2D eigenvalue weighted by Crippen LogP contribution is -2.11. The largest absolute Gasteiger partial charge is 0.478 e. The van der Waals surface area contributed by atoms with Crippen molar-refractivity contribution in [3.05, 3.63) is 29.3 Å². The molecule has 0 bridgehead atoms. The molecule has 1 rings (SSSR count). The molecule has 2 N–H and O–H groups in total. The summed E-state index contributed by atoms with van der Waals surface area (Å²) in [7, 11) is 0. The highest BCUT2D eigenvalue weighted by atomic mass is 16.4. The topological polar surface area (TPSA) is 66.4 Å². The molecule has 0 saturated heterocycles. The highest BCUT2D eigenvalue weighted by molar-refractivity contribution is 5.93. The standard InChI is InChI=1S/C13H13NO3/c1-3-4-5-12(15)14-10-6-7-11(13(16)17)9(2)8-10/h1,6-8H,4-5H2,2H3,(H,14,15)(H,16,17). The summed E-state index contributed by atoms with van der Waals surface area (Å²) in [6.45, 7) is 1.68. The minimum Gasteiger partial charge on any atom is -0.478 e. The molecule has 0 atom stereocenters. The van der Waals surface area contributed by atoms with Gasteiger partial charge in [-0.1, -0.05) is 0 Å². The van der Waals surface area contributed by atoms with Crippen LogP contribution in [0.15, 0.2) is 18.2 Å². The third kappa shape index (κ3) is 3.65. The molecule has 4 heteroatoms. The molecule has 0 aliphatic carbocycles. The molecule has 17 heavy (non-hydrogen) atoms. The van der Waals surface area contributed by atoms with Crippen LogP contribution < -0.4 is 5.32 Å². The summed E-state index contributed by atoms with van der Waals surface area (Å²) in [5, 5.41) is 11.5. The number of hydrogen-bond donors (Lipinski definition) is 2. The Labute approximate surface area is 99.7 Å². The monoisotopic (exact) mass is 231 g/mol. The quantitative estimate of drug-likeness (QED) is 0.779. The van der Waals surface area contributed by atoms with Crippen LogP contribution in [-0.2, 0) is 4.79 Å². The van der Waals surface area contributed by atoms with Gasteiger partial charge in [-0.05, 0) is 30.7 Å². The Morgan fingerprint density at radius 3 is 2.71 bits per heavy atom. The number of rotatable bonds is 4. The maximum atomic E-state index is 11.4. The van der Waals surface area contributed by atoms with Crippen LogP contribution in [0.4, 0.5) is 5.69 Å². The Balaban J connectivity index is 2.75. The van der Waals surface area contributed by atoms with Crippen LogP contribution in [0.5, 0.6) is 0 Å². The van der Waals surface area contributed by atoms with Gasteiger partial charge >= 0.3 is 5.97 Å². The predicted octanol–water partition coefficient (Wildman–Crippen LogP) is 2.05. The van der Waals surface area contributed by atoms with E-state index in [9.17, 15) is 9.59 Å². The molecule has 0 heterocycles. The number of aromatic carboxylic acids is 1. The van der Waals surface area contributed by atoms with Gasteiger partial charge in [0.1, 0.15) is 0 Å². The lowest BCUT2D eigenvalue weighted by atomic mass is 10.1. The highest BCUT2D eigenvalue weighted by Crippen LogP contribution is 2.15. The molecule has 0 spiro atoms. The van der Waals surface area contributed by atoms with Gasteiger partial charge in [0.2, 0.25) is 5.91 Å². The van der Waals surface area contributed by atoms with Gasteiger partial charge in [-0.3, -0.25) is 4.79 Å². The van der Waals surface area contributed by atoms with Crippen molar-refractivity contribution in [3.63, 3.8) is 0 Å². The van der Waals surface area contributed by atoms with Gasteiger partial charge in [0.25, 0.3) is 0 Å². The van der Waals surface area contributed by atoms with E-state index >= 15 is 0 Å². The molecule has 1 amide bonds. The molecule has 88 valence electrons. The van der Waals surface area contributed by atoms with Gasteiger partial charge < -0.3 is 10.4 Å². The van der Waals surface area contributed by atoms with Gasteiger partial charge in [-0.2, -0.15) is 0 Å². The van der Waals surface area contributed by atoms with Gasteiger partial charge in [0.15, 0.2) is 0 Å². The van der Waals surface area contributed by atoms with E-state index in [1.54, 1.807) is 19.1 Å². The first kappa shape index (κ1) is 12.8. The zero-order valence-electron chi connectivity index (χ0n) is 9.49. The molecule has 1 aromatic rings. The molecular weight excluding hydrogens is 218 g/mol. The van der Waals surface area contributed by atoms with E-state index in [4.69, 9.17) is 11.5 Å². The van der Waals surface area contributed by atoms with Crippen LogP contribution >= 0.6 is 0 Å². The second-order valence-corrected chi connectivity index (χ2v) is 3.59. The summed E-state index contributed by atoms with van der Waals surface area (Å²) in [5.41, 5.74) is 1.41. The van der Waals surface area contributed by atoms with Crippen molar-refractivity contribution in [3.8, 4) is 12.3 Å². The van der Waals surface area contributed by atoms with E-state index in [0.717, 1.165) is 0 Å². The predicted molar refractivity (Wildman–Crippen MR) is 64.8 cm³/mol. The number of carboxylic acids is 1. The molecular formula is C13H13NO3. The lowest BCUT2D eigenvalue weighted by molar-refractivity contribution is -0.116. The number of carboxylic acid groups (broad SMARTS) is 1. The van der Waals surface area contributed by atoms with Crippen LogP contribution in [0.2, 0.25) is 0 Å². The Kier molecular flexibility index (Phi) is 4.29. The van der Waals surface area contributed by atoms with E-state index in [-0.39, 0.29) is 17.9 Å². The van der Waals surface area contributed by atoms with Gasteiger partial charge in [0, 0.05) is 18.5 Å². The number of terminal acetylenes is 1. The van der Waals surface area contributed by atoms with Crippen molar-refractivity contribution < 1.29 is 14.7 Å². The molecule has 0 unspecified atom stereocenters. The lowest BCUT2D eigenvalue weighted by Gasteiger charge is -2.06. The summed E-state index contributed by atoms with van der Waals surface area (Å²) in [6.07, 6.45) is 5.70. The van der Waals surface area contributed by atoms with Crippen LogP contribution in [-0.4, -0.2) is 17.0 Å². The molecule has 0 aliphatic heterocycles. The van der Waals surface area contributed by atoms with Crippen molar-refractivity contribution in [2.75, 3.05) is 5.32 Å². The Hall–Kier alpha value is -2.28. The van der Waals surface area contributed by atoms with Crippen molar-refractivity contribution in [1.82, 2.24) is 0 Å². The van der Waals surface area contributed by atoms with E-state index in [1.165, 1.54) is 6.07 Å². The average Bonchev–Trinajstić information content (AvgIpc) is 2.26. The SMILES string of the molecule is C#CCCC(=O)Nc1ccc(C(=O)O)c(C)c1. The number of carbonyl (C=O) groups excluding carboxylic acids is 1. The minimum atomic E-state index is -0.979.